The molecule has 5 nitrogen and oxygen atoms in total. The van der Waals surface area contributed by atoms with Crippen LogP contribution in [-0.2, 0) is 0 Å². The molecule has 6 heteroatoms. The van der Waals surface area contributed by atoms with Crippen molar-refractivity contribution in [3.63, 3.8) is 0 Å². The van der Waals surface area contributed by atoms with E-state index < -0.39 is 0 Å². The predicted molar refractivity (Wildman–Crippen MR) is 95.7 cm³/mol. The number of amides is 1. The van der Waals surface area contributed by atoms with Gasteiger partial charge >= 0.3 is 0 Å². The van der Waals surface area contributed by atoms with Gasteiger partial charge in [-0.15, -0.1) is 0 Å². The molecule has 1 amide bonds. The maximum absolute atomic E-state index is 12.7. The average molecular weight is 343 g/mol. The summed E-state index contributed by atoms with van der Waals surface area (Å²) in [6.45, 7) is 4.06. The number of aromatic amines is 1. The monoisotopic (exact) mass is 342 g/mol. The summed E-state index contributed by atoms with van der Waals surface area (Å²) in [6.07, 6.45) is 6.13. The van der Waals surface area contributed by atoms with Gasteiger partial charge in [0.1, 0.15) is 0 Å². The van der Waals surface area contributed by atoms with E-state index in [1.807, 2.05) is 36.0 Å². The summed E-state index contributed by atoms with van der Waals surface area (Å²) in [5.41, 5.74) is 3.06. The Bertz CT molecular complexity index is 922. The summed E-state index contributed by atoms with van der Waals surface area (Å²) >= 11 is 6.08. The van der Waals surface area contributed by atoms with Gasteiger partial charge < -0.3 is 10.3 Å². The van der Waals surface area contributed by atoms with Crippen LogP contribution in [0.2, 0.25) is 5.02 Å². The van der Waals surface area contributed by atoms with Gasteiger partial charge in [0.25, 0.3) is 5.91 Å². The summed E-state index contributed by atoms with van der Waals surface area (Å²) in [5.74, 6) is 0.561. The van der Waals surface area contributed by atoms with Crippen LogP contribution in [0, 0.1) is 12.8 Å². The molecule has 124 valence electrons. The number of hydrogen-bond donors (Lipinski definition) is 2. The highest BCUT2D eigenvalue weighted by atomic mass is 35.5. The Morgan fingerprint density at radius 3 is 3.00 bits per heavy atom. The first-order chi connectivity index (χ1) is 11.5. The van der Waals surface area contributed by atoms with Gasteiger partial charge in [0, 0.05) is 27.8 Å². The van der Waals surface area contributed by atoms with E-state index in [0.717, 1.165) is 16.6 Å². The number of benzene rings is 1. The molecule has 2 heterocycles. The molecule has 2 aromatic heterocycles. The van der Waals surface area contributed by atoms with Crippen molar-refractivity contribution in [2.75, 3.05) is 5.32 Å². The van der Waals surface area contributed by atoms with Gasteiger partial charge in [0.15, 0.2) is 0 Å². The van der Waals surface area contributed by atoms with Gasteiger partial charge in [-0.3, -0.25) is 9.48 Å². The van der Waals surface area contributed by atoms with Crippen LogP contribution in [0.4, 0.5) is 5.69 Å². The van der Waals surface area contributed by atoms with Gasteiger partial charge in [-0.05, 0) is 50.8 Å². The van der Waals surface area contributed by atoms with Crippen LogP contribution >= 0.6 is 11.6 Å². The van der Waals surface area contributed by atoms with Gasteiger partial charge in [-0.2, -0.15) is 5.10 Å². The van der Waals surface area contributed by atoms with Crippen LogP contribution in [0.25, 0.3) is 10.9 Å². The third-order valence-electron chi connectivity index (χ3n) is 4.76. The molecule has 24 heavy (non-hydrogen) atoms. The smallest absolute Gasteiger partial charge is 0.258 e. The number of nitrogens with zero attached hydrogens (tertiary/aromatic N) is 2. The minimum Gasteiger partial charge on any atom is -0.358 e. The van der Waals surface area contributed by atoms with Crippen LogP contribution in [0.3, 0.4) is 0 Å². The van der Waals surface area contributed by atoms with E-state index >= 15 is 0 Å². The fourth-order valence-corrected chi connectivity index (χ4v) is 3.38. The van der Waals surface area contributed by atoms with Gasteiger partial charge in [-0.1, -0.05) is 11.6 Å². The maximum atomic E-state index is 12.7. The Hall–Kier alpha value is -2.27. The minimum absolute atomic E-state index is 0.153. The van der Waals surface area contributed by atoms with Crippen LogP contribution in [0.5, 0.6) is 0 Å². The van der Waals surface area contributed by atoms with E-state index in [1.165, 1.54) is 12.8 Å². The lowest BCUT2D eigenvalue weighted by Crippen LogP contribution is -2.12. The van der Waals surface area contributed by atoms with Crippen molar-refractivity contribution >= 4 is 34.1 Å². The van der Waals surface area contributed by atoms with E-state index in [0.29, 0.717) is 28.2 Å². The Labute approximate surface area is 145 Å². The van der Waals surface area contributed by atoms with Gasteiger partial charge in [0.2, 0.25) is 0 Å². The number of halogens is 1. The Balaban J connectivity index is 1.60. The van der Waals surface area contributed by atoms with E-state index in [2.05, 4.69) is 22.3 Å². The van der Waals surface area contributed by atoms with Gasteiger partial charge in [0.05, 0.1) is 23.5 Å². The summed E-state index contributed by atoms with van der Waals surface area (Å²) < 4.78 is 1.94. The van der Waals surface area contributed by atoms with Crippen molar-refractivity contribution in [2.24, 2.45) is 5.92 Å². The van der Waals surface area contributed by atoms with Crippen LogP contribution in [0.1, 0.15) is 41.9 Å². The molecule has 4 rings (SSSR count). The van der Waals surface area contributed by atoms with Crippen molar-refractivity contribution in [1.82, 2.24) is 14.8 Å². The largest absolute Gasteiger partial charge is 0.358 e. The minimum atomic E-state index is -0.153. The first kappa shape index (κ1) is 15.3. The zero-order valence-electron chi connectivity index (χ0n) is 13.6. The van der Waals surface area contributed by atoms with Gasteiger partial charge in [-0.25, -0.2) is 0 Å². The van der Waals surface area contributed by atoms with Crippen molar-refractivity contribution in [3.05, 3.63) is 46.9 Å². The first-order valence-corrected chi connectivity index (χ1v) is 8.54. The topological polar surface area (TPSA) is 62.7 Å². The number of aromatic nitrogens is 3. The SMILES string of the molecule is Cc1[nH]c2ccc(Cl)cc2c1C(=O)Nc1cnn(C(C)C2CC2)c1. The normalized spacial score (nSPS) is 15.6. The molecule has 1 unspecified atom stereocenters. The molecular weight excluding hydrogens is 324 g/mol. The van der Waals surface area contributed by atoms with Crippen molar-refractivity contribution in [2.45, 2.75) is 32.7 Å². The molecule has 1 aromatic carbocycles. The molecule has 0 bridgehead atoms. The molecule has 1 aliphatic carbocycles. The molecule has 0 radical (unpaired) electrons. The number of nitrogens with one attached hydrogen (secondary N) is 2. The number of carbonyl (C=O) groups excluding carboxylic acids is 1. The lowest BCUT2D eigenvalue weighted by molar-refractivity contribution is 0.102. The van der Waals surface area contributed by atoms with Crippen molar-refractivity contribution in [3.8, 4) is 0 Å². The number of fused-ring (bicyclic) bond motifs is 1. The van der Waals surface area contributed by atoms with Crippen molar-refractivity contribution < 1.29 is 4.79 Å². The van der Waals surface area contributed by atoms with E-state index in [-0.39, 0.29) is 5.91 Å². The third kappa shape index (κ3) is 2.69. The standard InChI is InChI=1S/C18H19ClN4O/c1-10-17(15-7-13(19)5-6-16(15)21-10)18(24)22-14-8-20-23(9-14)11(2)12-3-4-12/h5-9,11-12,21H,3-4H2,1-2H3,(H,22,24). The zero-order chi connectivity index (χ0) is 16.8. The van der Waals surface area contributed by atoms with E-state index in [9.17, 15) is 4.79 Å². The number of aryl methyl sites for hydroxylation is 1. The number of carbonyl (C=O) groups is 1. The Morgan fingerprint density at radius 1 is 1.46 bits per heavy atom. The second-order valence-electron chi connectivity index (χ2n) is 6.56. The molecule has 1 saturated carbocycles. The summed E-state index contributed by atoms with van der Waals surface area (Å²) in [7, 11) is 0. The van der Waals surface area contributed by atoms with Crippen molar-refractivity contribution in [1.29, 1.82) is 0 Å². The fourth-order valence-electron chi connectivity index (χ4n) is 3.20. The second-order valence-corrected chi connectivity index (χ2v) is 6.99. The average Bonchev–Trinajstić information content (AvgIpc) is 3.20. The molecule has 0 aliphatic heterocycles. The number of rotatable bonds is 4. The predicted octanol–water partition coefficient (Wildman–Crippen LogP) is 4.55. The summed E-state index contributed by atoms with van der Waals surface area (Å²) in [4.78, 5) is 16.0. The zero-order valence-corrected chi connectivity index (χ0v) is 14.4. The highest BCUT2D eigenvalue weighted by molar-refractivity contribution is 6.31. The summed E-state index contributed by atoms with van der Waals surface area (Å²) in [6, 6.07) is 5.89. The molecule has 1 atom stereocenters. The second kappa shape index (κ2) is 5.67. The van der Waals surface area contributed by atoms with E-state index in [4.69, 9.17) is 11.6 Å². The number of hydrogen-bond acceptors (Lipinski definition) is 2. The first-order valence-electron chi connectivity index (χ1n) is 8.16. The third-order valence-corrected chi connectivity index (χ3v) is 4.99. The van der Waals surface area contributed by atoms with Crippen LogP contribution < -0.4 is 5.32 Å². The lowest BCUT2D eigenvalue weighted by Gasteiger charge is -2.09. The van der Waals surface area contributed by atoms with E-state index in [1.54, 1.807) is 6.20 Å². The van der Waals surface area contributed by atoms with Crippen LogP contribution in [0.15, 0.2) is 30.6 Å². The Morgan fingerprint density at radius 2 is 2.25 bits per heavy atom. The number of H-pyrrole nitrogens is 1. The lowest BCUT2D eigenvalue weighted by atomic mass is 10.1. The Kier molecular flexibility index (Phi) is 3.61. The highest BCUT2D eigenvalue weighted by Crippen LogP contribution is 2.39. The van der Waals surface area contributed by atoms with Crippen LogP contribution in [-0.4, -0.2) is 20.7 Å². The molecule has 0 spiro atoms. The quantitative estimate of drug-likeness (QED) is 0.730. The number of anilines is 1. The molecule has 3 aromatic rings. The summed E-state index contributed by atoms with van der Waals surface area (Å²) in [5, 5.41) is 8.77. The molecule has 2 N–H and O–H groups in total. The maximum Gasteiger partial charge on any atom is 0.258 e. The fraction of sp³-hybridized carbons (Fsp3) is 0.333. The highest BCUT2D eigenvalue weighted by Gasteiger charge is 2.29. The molecule has 1 aliphatic rings. The molecule has 1 fully saturated rings. The molecular formula is C18H19ClN4O. The molecule has 0 saturated heterocycles.